The van der Waals surface area contributed by atoms with E-state index in [1.54, 1.807) is 0 Å². The molecule has 0 aliphatic rings. The number of hydrogen-bond donors (Lipinski definition) is 1. The minimum Gasteiger partial charge on any atom is -0.328 e. The SMILES string of the molecule is CCCC(N)CCCc1ccc(CC)cn1. The van der Waals surface area contributed by atoms with E-state index in [0.29, 0.717) is 6.04 Å². The van der Waals surface area contributed by atoms with Gasteiger partial charge in [0.05, 0.1) is 0 Å². The van der Waals surface area contributed by atoms with Gasteiger partial charge in [0.15, 0.2) is 0 Å². The Bertz CT molecular complexity index is 279. The van der Waals surface area contributed by atoms with E-state index in [0.717, 1.165) is 32.1 Å². The zero-order valence-corrected chi connectivity index (χ0v) is 10.6. The third kappa shape index (κ3) is 4.75. The number of aromatic nitrogens is 1. The van der Waals surface area contributed by atoms with Gasteiger partial charge in [0.2, 0.25) is 0 Å². The molecule has 90 valence electrons. The molecule has 1 aromatic heterocycles. The minimum absolute atomic E-state index is 0.375. The highest BCUT2D eigenvalue weighted by Gasteiger charge is 2.01. The van der Waals surface area contributed by atoms with E-state index in [1.807, 2.05) is 6.20 Å². The first-order valence-corrected chi connectivity index (χ1v) is 6.45. The molecule has 0 aliphatic heterocycles. The number of hydrogen-bond acceptors (Lipinski definition) is 2. The van der Waals surface area contributed by atoms with Gasteiger partial charge in [-0.05, 0) is 43.7 Å². The van der Waals surface area contributed by atoms with Crippen LogP contribution in [0.15, 0.2) is 18.3 Å². The van der Waals surface area contributed by atoms with Crippen LogP contribution in [0.2, 0.25) is 0 Å². The summed E-state index contributed by atoms with van der Waals surface area (Å²) in [5.74, 6) is 0. The van der Waals surface area contributed by atoms with Crippen molar-refractivity contribution in [1.29, 1.82) is 0 Å². The maximum absolute atomic E-state index is 5.97. The molecule has 1 rings (SSSR count). The largest absolute Gasteiger partial charge is 0.328 e. The molecule has 2 nitrogen and oxygen atoms in total. The number of nitrogens with zero attached hydrogens (tertiary/aromatic N) is 1. The molecule has 1 aromatic rings. The van der Waals surface area contributed by atoms with E-state index in [9.17, 15) is 0 Å². The molecule has 1 unspecified atom stereocenters. The third-order valence-electron chi connectivity index (χ3n) is 2.96. The fourth-order valence-corrected chi connectivity index (χ4v) is 1.87. The standard InChI is InChI=1S/C14H24N2/c1-3-6-13(15)7-5-8-14-10-9-12(4-2)11-16-14/h9-11,13H,3-8,15H2,1-2H3. The summed E-state index contributed by atoms with van der Waals surface area (Å²) in [5.41, 5.74) is 8.48. The van der Waals surface area contributed by atoms with Gasteiger partial charge in [0.1, 0.15) is 0 Å². The van der Waals surface area contributed by atoms with E-state index in [1.165, 1.54) is 17.7 Å². The van der Waals surface area contributed by atoms with Crippen molar-refractivity contribution in [3.63, 3.8) is 0 Å². The second-order valence-corrected chi connectivity index (χ2v) is 4.45. The minimum atomic E-state index is 0.375. The smallest absolute Gasteiger partial charge is 0.0403 e. The van der Waals surface area contributed by atoms with Crippen LogP contribution in [0, 0.1) is 0 Å². The van der Waals surface area contributed by atoms with E-state index in [2.05, 4.69) is 31.0 Å². The third-order valence-corrected chi connectivity index (χ3v) is 2.96. The molecule has 16 heavy (non-hydrogen) atoms. The van der Waals surface area contributed by atoms with E-state index < -0.39 is 0 Å². The summed E-state index contributed by atoms with van der Waals surface area (Å²) in [6, 6.07) is 4.69. The lowest BCUT2D eigenvalue weighted by Gasteiger charge is -2.09. The van der Waals surface area contributed by atoms with Gasteiger partial charge in [0.25, 0.3) is 0 Å². The molecule has 2 N–H and O–H groups in total. The summed E-state index contributed by atoms with van der Waals surface area (Å²) < 4.78 is 0. The highest BCUT2D eigenvalue weighted by atomic mass is 14.7. The van der Waals surface area contributed by atoms with Crippen LogP contribution in [-0.2, 0) is 12.8 Å². The summed E-state index contributed by atoms with van der Waals surface area (Å²) in [7, 11) is 0. The average Bonchev–Trinajstić information content (AvgIpc) is 2.30. The Kier molecular flexibility index (Phi) is 6.09. The topological polar surface area (TPSA) is 38.9 Å². The molecule has 0 aliphatic carbocycles. The Morgan fingerprint density at radius 2 is 2.06 bits per heavy atom. The zero-order chi connectivity index (χ0) is 11.8. The molecule has 0 amide bonds. The Labute approximate surface area is 99.3 Å². The Morgan fingerprint density at radius 1 is 1.25 bits per heavy atom. The molecule has 0 saturated heterocycles. The van der Waals surface area contributed by atoms with Crippen LogP contribution in [0.5, 0.6) is 0 Å². The van der Waals surface area contributed by atoms with Crippen molar-refractivity contribution in [1.82, 2.24) is 4.98 Å². The molecule has 0 radical (unpaired) electrons. The van der Waals surface area contributed by atoms with Crippen molar-refractivity contribution in [2.24, 2.45) is 5.73 Å². The molecule has 0 aromatic carbocycles. The van der Waals surface area contributed by atoms with Crippen molar-refractivity contribution in [2.45, 2.75) is 58.4 Å². The molecule has 0 fully saturated rings. The van der Waals surface area contributed by atoms with Gasteiger partial charge in [-0.15, -0.1) is 0 Å². The quantitative estimate of drug-likeness (QED) is 0.767. The van der Waals surface area contributed by atoms with Crippen LogP contribution >= 0.6 is 0 Å². The Hall–Kier alpha value is -0.890. The Morgan fingerprint density at radius 3 is 2.62 bits per heavy atom. The maximum Gasteiger partial charge on any atom is 0.0403 e. The average molecular weight is 220 g/mol. The number of pyridine rings is 1. The van der Waals surface area contributed by atoms with Gasteiger partial charge in [-0.2, -0.15) is 0 Å². The van der Waals surface area contributed by atoms with Gasteiger partial charge in [-0.25, -0.2) is 0 Å². The molecular formula is C14H24N2. The van der Waals surface area contributed by atoms with Crippen LogP contribution in [0.25, 0.3) is 0 Å². The van der Waals surface area contributed by atoms with Crippen LogP contribution in [0.1, 0.15) is 50.8 Å². The summed E-state index contributed by atoms with van der Waals surface area (Å²) >= 11 is 0. The fourth-order valence-electron chi connectivity index (χ4n) is 1.87. The molecule has 2 heteroatoms. The fraction of sp³-hybridized carbons (Fsp3) is 0.643. The molecule has 0 bridgehead atoms. The second kappa shape index (κ2) is 7.39. The molecule has 0 saturated carbocycles. The first kappa shape index (κ1) is 13.2. The van der Waals surface area contributed by atoms with E-state index >= 15 is 0 Å². The van der Waals surface area contributed by atoms with Crippen molar-refractivity contribution >= 4 is 0 Å². The molecule has 1 atom stereocenters. The monoisotopic (exact) mass is 220 g/mol. The summed E-state index contributed by atoms with van der Waals surface area (Å²) in [5, 5.41) is 0. The van der Waals surface area contributed by atoms with Crippen molar-refractivity contribution in [3.05, 3.63) is 29.6 Å². The van der Waals surface area contributed by atoms with Crippen LogP contribution in [-0.4, -0.2) is 11.0 Å². The van der Waals surface area contributed by atoms with E-state index in [4.69, 9.17) is 5.73 Å². The predicted octanol–water partition coefficient (Wildman–Crippen LogP) is 3.09. The second-order valence-electron chi connectivity index (χ2n) is 4.45. The normalized spacial score (nSPS) is 12.7. The molecular weight excluding hydrogens is 196 g/mol. The van der Waals surface area contributed by atoms with Crippen LogP contribution in [0.4, 0.5) is 0 Å². The van der Waals surface area contributed by atoms with Gasteiger partial charge >= 0.3 is 0 Å². The lowest BCUT2D eigenvalue weighted by Crippen LogP contribution is -2.19. The van der Waals surface area contributed by atoms with Crippen molar-refractivity contribution in [2.75, 3.05) is 0 Å². The van der Waals surface area contributed by atoms with Crippen LogP contribution < -0.4 is 5.73 Å². The lowest BCUT2D eigenvalue weighted by atomic mass is 10.0. The maximum atomic E-state index is 5.97. The summed E-state index contributed by atoms with van der Waals surface area (Å²) in [4.78, 5) is 4.45. The van der Waals surface area contributed by atoms with Gasteiger partial charge < -0.3 is 5.73 Å². The first-order valence-electron chi connectivity index (χ1n) is 6.45. The number of aryl methyl sites for hydroxylation is 2. The Balaban J connectivity index is 2.26. The van der Waals surface area contributed by atoms with Crippen LogP contribution in [0.3, 0.4) is 0 Å². The highest BCUT2D eigenvalue weighted by Crippen LogP contribution is 2.08. The van der Waals surface area contributed by atoms with Gasteiger partial charge in [-0.1, -0.05) is 26.3 Å². The highest BCUT2D eigenvalue weighted by molar-refractivity contribution is 5.13. The van der Waals surface area contributed by atoms with Gasteiger partial charge in [-0.3, -0.25) is 4.98 Å². The predicted molar refractivity (Wildman–Crippen MR) is 69.4 cm³/mol. The summed E-state index contributed by atoms with van der Waals surface area (Å²) in [6.07, 6.45) is 8.70. The number of nitrogens with two attached hydrogens (primary N) is 1. The number of rotatable bonds is 7. The van der Waals surface area contributed by atoms with E-state index in [-0.39, 0.29) is 0 Å². The van der Waals surface area contributed by atoms with Crippen molar-refractivity contribution in [3.8, 4) is 0 Å². The van der Waals surface area contributed by atoms with Gasteiger partial charge in [0, 0.05) is 17.9 Å². The first-order chi connectivity index (χ1) is 7.76. The molecule has 0 spiro atoms. The molecule has 1 heterocycles. The van der Waals surface area contributed by atoms with Crippen molar-refractivity contribution < 1.29 is 0 Å². The zero-order valence-electron chi connectivity index (χ0n) is 10.6. The lowest BCUT2D eigenvalue weighted by molar-refractivity contribution is 0.537. The summed E-state index contributed by atoms with van der Waals surface area (Å²) in [6.45, 7) is 4.34.